The maximum atomic E-state index is 8.64. The molecule has 0 aromatic heterocycles. The molecule has 0 saturated carbocycles. The molecule has 17 heavy (non-hydrogen) atoms. The van der Waals surface area contributed by atoms with Crippen molar-refractivity contribution in [2.45, 2.75) is 25.3 Å². The zero-order valence-electron chi connectivity index (χ0n) is 9.80. The third-order valence-corrected chi connectivity index (χ3v) is 2.92. The van der Waals surface area contributed by atoms with Crippen molar-refractivity contribution < 1.29 is 4.74 Å². The monoisotopic (exact) mass is 250 g/mol. The van der Waals surface area contributed by atoms with E-state index in [-0.39, 0.29) is 6.04 Å². The van der Waals surface area contributed by atoms with Crippen LogP contribution in [0.3, 0.4) is 0 Å². The summed E-state index contributed by atoms with van der Waals surface area (Å²) in [5, 5.41) is 8.64. The van der Waals surface area contributed by atoms with E-state index in [1.807, 2.05) is 12.1 Å². The van der Waals surface area contributed by atoms with Crippen molar-refractivity contribution >= 4 is 12.6 Å². The Morgan fingerprint density at radius 2 is 2.00 bits per heavy atom. The number of unbranched alkanes of at least 4 members (excludes halogenated alkanes) is 1. The first kappa shape index (κ1) is 13.9. The summed E-state index contributed by atoms with van der Waals surface area (Å²) >= 11 is 4.13. The summed E-state index contributed by atoms with van der Waals surface area (Å²) in [5.74, 6) is 1.54. The molecule has 1 rings (SSSR count). The number of hydrogen-bond donors (Lipinski definition) is 2. The number of ether oxygens (including phenoxy) is 1. The molecule has 0 bridgehead atoms. The lowest BCUT2D eigenvalue weighted by Gasteiger charge is -2.08. The molecule has 0 radical (unpaired) electrons. The second-order valence-corrected chi connectivity index (χ2v) is 4.29. The van der Waals surface area contributed by atoms with Gasteiger partial charge in [0.25, 0.3) is 0 Å². The minimum absolute atomic E-state index is 0.188. The predicted molar refractivity (Wildman–Crippen MR) is 72.3 cm³/mol. The minimum Gasteiger partial charge on any atom is -0.494 e. The lowest BCUT2D eigenvalue weighted by atomic mass is 10.1. The molecule has 0 aliphatic carbocycles. The molecular formula is C13H18N2OS. The number of nitriles is 1. The average molecular weight is 250 g/mol. The number of nitrogens with two attached hydrogens (primary N) is 1. The van der Waals surface area contributed by atoms with Crippen molar-refractivity contribution in [3.05, 3.63) is 29.8 Å². The normalized spacial score (nSPS) is 11.8. The molecule has 1 aromatic carbocycles. The molecule has 3 nitrogen and oxygen atoms in total. The highest BCUT2D eigenvalue weighted by Crippen LogP contribution is 2.12. The quantitative estimate of drug-likeness (QED) is 0.577. The second-order valence-electron chi connectivity index (χ2n) is 3.92. The molecule has 0 fully saturated rings. The zero-order valence-corrected chi connectivity index (χ0v) is 10.7. The van der Waals surface area contributed by atoms with Gasteiger partial charge in [-0.25, -0.2) is 0 Å². The number of hydrogen-bond acceptors (Lipinski definition) is 4. The van der Waals surface area contributed by atoms with E-state index in [0.717, 1.165) is 30.8 Å². The summed E-state index contributed by atoms with van der Waals surface area (Å²) in [6, 6.07) is 9.41. The van der Waals surface area contributed by atoms with Crippen LogP contribution < -0.4 is 10.5 Å². The van der Waals surface area contributed by atoms with Crippen LogP contribution >= 0.6 is 12.6 Å². The molecule has 1 aromatic rings. The summed E-state index contributed by atoms with van der Waals surface area (Å²) in [4.78, 5) is 0. The topological polar surface area (TPSA) is 59.0 Å². The SMILES string of the molecule is N#Cc1ccc(OCCCC[C@H](N)CS)cc1. The number of thiol groups is 1. The Bertz CT molecular complexity index is 359. The van der Waals surface area contributed by atoms with E-state index in [4.69, 9.17) is 15.7 Å². The van der Waals surface area contributed by atoms with E-state index in [9.17, 15) is 0 Å². The number of rotatable bonds is 7. The van der Waals surface area contributed by atoms with Gasteiger partial charge in [0, 0.05) is 11.8 Å². The van der Waals surface area contributed by atoms with Crippen LogP contribution in [0.25, 0.3) is 0 Å². The maximum absolute atomic E-state index is 8.64. The van der Waals surface area contributed by atoms with E-state index in [2.05, 4.69) is 18.7 Å². The van der Waals surface area contributed by atoms with Gasteiger partial charge < -0.3 is 10.5 Å². The van der Waals surface area contributed by atoms with Crippen LogP contribution in [0.4, 0.5) is 0 Å². The van der Waals surface area contributed by atoms with Crippen molar-refractivity contribution in [3.63, 3.8) is 0 Å². The first-order chi connectivity index (χ1) is 8.26. The van der Waals surface area contributed by atoms with Gasteiger partial charge in [-0.15, -0.1) is 0 Å². The first-order valence-corrected chi connectivity index (χ1v) is 6.39. The van der Waals surface area contributed by atoms with Gasteiger partial charge in [0.05, 0.1) is 18.2 Å². The van der Waals surface area contributed by atoms with Gasteiger partial charge in [0.2, 0.25) is 0 Å². The summed E-state index contributed by atoms with van der Waals surface area (Å²) in [5.41, 5.74) is 6.40. The highest BCUT2D eigenvalue weighted by molar-refractivity contribution is 7.80. The number of benzene rings is 1. The molecule has 0 aliphatic heterocycles. The third-order valence-electron chi connectivity index (χ3n) is 2.46. The van der Waals surface area contributed by atoms with Crippen LogP contribution in [-0.2, 0) is 0 Å². The Morgan fingerprint density at radius 3 is 2.59 bits per heavy atom. The predicted octanol–water partition coefficient (Wildman–Crippen LogP) is 2.36. The van der Waals surface area contributed by atoms with E-state index in [1.165, 1.54) is 0 Å². The van der Waals surface area contributed by atoms with E-state index < -0.39 is 0 Å². The molecule has 0 heterocycles. The Kier molecular flexibility index (Phi) is 6.53. The molecule has 2 N–H and O–H groups in total. The fourth-order valence-electron chi connectivity index (χ4n) is 1.42. The van der Waals surface area contributed by atoms with Crippen LogP contribution in [0.2, 0.25) is 0 Å². The van der Waals surface area contributed by atoms with Crippen molar-refractivity contribution in [2.75, 3.05) is 12.4 Å². The van der Waals surface area contributed by atoms with Crippen LogP contribution in [0.1, 0.15) is 24.8 Å². The summed E-state index contributed by atoms with van der Waals surface area (Å²) in [6.07, 6.45) is 3.03. The van der Waals surface area contributed by atoms with Crippen molar-refractivity contribution in [2.24, 2.45) is 5.73 Å². The molecule has 0 aliphatic rings. The summed E-state index contributed by atoms with van der Waals surface area (Å²) in [7, 11) is 0. The van der Waals surface area contributed by atoms with E-state index in [1.54, 1.807) is 12.1 Å². The zero-order chi connectivity index (χ0) is 12.5. The molecule has 4 heteroatoms. The molecule has 0 unspecified atom stereocenters. The van der Waals surface area contributed by atoms with Crippen molar-refractivity contribution in [1.82, 2.24) is 0 Å². The van der Waals surface area contributed by atoms with Gasteiger partial charge in [-0.05, 0) is 43.5 Å². The fourth-order valence-corrected chi connectivity index (χ4v) is 1.60. The molecule has 0 amide bonds. The average Bonchev–Trinajstić information content (AvgIpc) is 2.38. The van der Waals surface area contributed by atoms with Gasteiger partial charge in [0.1, 0.15) is 5.75 Å². The van der Waals surface area contributed by atoms with Crippen LogP contribution in [0.15, 0.2) is 24.3 Å². The third kappa shape index (κ3) is 5.62. The highest BCUT2D eigenvalue weighted by atomic mass is 32.1. The molecule has 1 atom stereocenters. The van der Waals surface area contributed by atoms with Gasteiger partial charge >= 0.3 is 0 Å². The molecule has 92 valence electrons. The molecule has 0 saturated heterocycles. The van der Waals surface area contributed by atoms with Gasteiger partial charge in [-0.2, -0.15) is 17.9 Å². The Labute approximate surface area is 108 Å². The first-order valence-electron chi connectivity index (χ1n) is 5.75. The minimum atomic E-state index is 0.188. The molecular weight excluding hydrogens is 232 g/mol. The highest BCUT2D eigenvalue weighted by Gasteiger charge is 1.99. The van der Waals surface area contributed by atoms with Gasteiger partial charge in [-0.3, -0.25) is 0 Å². The standard InChI is InChI=1S/C13H18N2OS/c14-9-11-4-6-13(7-5-11)16-8-2-1-3-12(15)10-17/h4-7,12,17H,1-3,8,10,15H2/t12-/m0/s1. The van der Waals surface area contributed by atoms with Gasteiger partial charge in [-0.1, -0.05) is 0 Å². The number of nitrogens with zero attached hydrogens (tertiary/aromatic N) is 1. The fraction of sp³-hybridized carbons (Fsp3) is 0.462. The van der Waals surface area contributed by atoms with Crippen LogP contribution in [-0.4, -0.2) is 18.4 Å². The smallest absolute Gasteiger partial charge is 0.119 e. The summed E-state index contributed by atoms with van der Waals surface area (Å²) < 4.78 is 5.55. The maximum Gasteiger partial charge on any atom is 0.119 e. The lowest BCUT2D eigenvalue weighted by Crippen LogP contribution is -2.21. The van der Waals surface area contributed by atoms with Gasteiger partial charge in [0.15, 0.2) is 0 Å². The Morgan fingerprint density at radius 1 is 1.29 bits per heavy atom. The molecule has 0 spiro atoms. The van der Waals surface area contributed by atoms with E-state index in [0.29, 0.717) is 12.2 Å². The van der Waals surface area contributed by atoms with Crippen molar-refractivity contribution in [3.8, 4) is 11.8 Å². The second kappa shape index (κ2) is 7.99. The lowest BCUT2D eigenvalue weighted by molar-refractivity contribution is 0.304. The Hall–Kier alpha value is -1.18. The van der Waals surface area contributed by atoms with E-state index >= 15 is 0 Å². The van der Waals surface area contributed by atoms with Crippen LogP contribution in [0, 0.1) is 11.3 Å². The Balaban J connectivity index is 2.16. The summed E-state index contributed by atoms with van der Waals surface area (Å²) in [6.45, 7) is 0.686. The van der Waals surface area contributed by atoms with Crippen LogP contribution in [0.5, 0.6) is 5.75 Å². The van der Waals surface area contributed by atoms with Crippen molar-refractivity contribution in [1.29, 1.82) is 5.26 Å². The largest absolute Gasteiger partial charge is 0.494 e.